The van der Waals surface area contributed by atoms with E-state index in [1.165, 1.54) is 37.3 Å². The number of rotatable bonds is 7. The molecule has 1 amide bonds. The zero-order valence-corrected chi connectivity index (χ0v) is 22.9. The van der Waals surface area contributed by atoms with Gasteiger partial charge in [-0.15, -0.1) is 0 Å². The Morgan fingerprint density at radius 1 is 1.05 bits per heavy atom. The van der Waals surface area contributed by atoms with Gasteiger partial charge in [-0.1, -0.05) is 30.3 Å². The third-order valence-corrected chi connectivity index (χ3v) is 8.29. The number of alkyl halides is 3. The SMILES string of the molecule is CCS(=O)(=O)c1ccc(CNC(=O)c2cc(-c3c(C)noc3C)c(C)n(-c3cccc(C(F)(F)F)c3)c2=O)cc1. The van der Waals surface area contributed by atoms with E-state index in [0.29, 0.717) is 33.8 Å². The van der Waals surface area contributed by atoms with Gasteiger partial charge in [0.25, 0.3) is 11.5 Å². The van der Waals surface area contributed by atoms with Crippen molar-refractivity contribution in [1.29, 1.82) is 0 Å². The summed E-state index contributed by atoms with van der Waals surface area (Å²) in [5, 5.41) is 6.57. The highest BCUT2D eigenvalue weighted by Crippen LogP contribution is 2.33. The number of halogens is 3. The van der Waals surface area contributed by atoms with E-state index in [0.717, 1.165) is 16.7 Å². The molecule has 0 fully saturated rings. The van der Waals surface area contributed by atoms with Crippen molar-refractivity contribution in [2.24, 2.45) is 0 Å². The van der Waals surface area contributed by atoms with Gasteiger partial charge in [0.2, 0.25) is 0 Å². The molecule has 40 heavy (non-hydrogen) atoms. The molecule has 0 aliphatic heterocycles. The Balaban J connectivity index is 1.79. The molecule has 8 nitrogen and oxygen atoms in total. The summed E-state index contributed by atoms with van der Waals surface area (Å²) in [4.78, 5) is 27.0. The summed E-state index contributed by atoms with van der Waals surface area (Å²) in [5.41, 5.74) is 0.141. The summed E-state index contributed by atoms with van der Waals surface area (Å²) in [6.07, 6.45) is -4.64. The average Bonchev–Trinajstić information content (AvgIpc) is 3.25. The molecule has 2 heterocycles. The Labute approximate surface area is 228 Å². The molecule has 4 aromatic rings. The van der Waals surface area contributed by atoms with E-state index in [2.05, 4.69) is 10.5 Å². The fourth-order valence-electron chi connectivity index (χ4n) is 4.38. The van der Waals surface area contributed by atoms with Gasteiger partial charge < -0.3 is 9.84 Å². The van der Waals surface area contributed by atoms with Gasteiger partial charge in [0.15, 0.2) is 9.84 Å². The van der Waals surface area contributed by atoms with E-state index in [-0.39, 0.29) is 28.4 Å². The van der Waals surface area contributed by atoms with Crippen LogP contribution < -0.4 is 10.9 Å². The minimum absolute atomic E-state index is 0.0250. The van der Waals surface area contributed by atoms with Crippen molar-refractivity contribution in [3.05, 3.63) is 98.8 Å². The van der Waals surface area contributed by atoms with Crippen molar-refractivity contribution < 1.29 is 30.9 Å². The normalized spacial score (nSPS) is 12.0. The van der Waals surface area contributed by atoms with Gasteiger partial charge in [-0.2, -0.15) is 13.2 Å². The van der Waals surface area contributed by atoms with Crippen molar-refractivity contribution in [3.8, 4) is 16.8 Å². The Hall–Kier alpha value is -4.19. The lowest BCUT2D eigenvalue weighted by atomic mass is 9.99. The molecule has 2 aromatic heterocycles. The summed E-state index contributed by atoms with van der Waals surface area (Å²) in [6.45, 7) is 6.40. The lowest BCUT2D eigenvalue weighted by Gasteiger charge is -2.18. The third kappa shape index (κ3) is 5.57. The predicted molar refractivity (Wildman–Crippen MR) is 142 cm³/mol. The highest BCUT2D eigenvalue weighted by atomic mass is 32.2. The van der Waals surface area contributed by atoms with Crippen molar-refractivity contribution in [2.75, 3.05) is 5.75 Å². The van der Waals surface area contributed by atoms with Crippen molar-refractivity contribution >= 4 is 15.7 Å². The van der Waals surface area contributed by atoms with Crippen LogP contribution in [-0.2, 0) is 22.6 Å². The molecule has 0 aliphatic carbocycles. The minimum atomic E-state index is -4.64. The van der Waals surface area contributed by atoms with E-state index in [1.54, 1.807) is 32.9 Å². The van der Waals surface area contributed by atoms with Gasteiger partial charge in [-0.3, -0.25) is 14.2 Å². The standard InChI is InChI=1S/C28H26F3N3O5S/c1-5-40(37,38)22-11-9-19(10-12-22)15-32-26(35)24-14-23(25-16(2)33-39-18(25)4)17(3)34(27(24)36)21-8-6-7-20(13-21)28(29,30)31/h6-14H,5,15H2,1-4H3,(H,32,35). The van der Waals surface area contributed by atoms with Gasteiger partial charge in [-0.25, -0.2) is 8.42 Å². The number of hydrogen-bond donors (Lipinski definition) is 1. The monoisotopic (exact) mass is 573 g/mol. The second-order valence-corrected chi connectivity index (χ2v) is 11.5. The number of carbonyl (C=O) groups is 1. The van der Waals surface area contributed by atoms with Crippen molar-refractivity contribution in [3.63, 3.8) is 0 Å². The molecule has 0 aliphatic rings. The molecular formula is C28H26F3N3O5S. The average molecular weight is 574 g/mol. The van der Waals surface area contributed by atoms with Crippen LogP contribution in [0.4, 0.5) is 13.2 Å². The van der Waals surface area contributed by atoms with E-state index < -0.39 is 33.0 Å². The van der Waals surface area contributed by atoms with Gasteiger partial charge in [0.1, 0.15) is 11.3 Å². The number of carbonyl (C=O) groups excluding carboxylic acids is 1. The highest BCUT2D eigenvalue weighted by Gasteiger charge is 2.31. The molecule has 0 bridgehead atoms. The molecule has 0 unspecified atom stereocenters. The van der Waals surface area contributed by atoms with Crippen molar-refractivity contribution in [1.82, 2.24) is 15.0 Å². The van der Waals surface area contributed by atoms with Crippen molar-refractivity contribution in [2.45, 2.75) is 45.3 Å². The van der Waals surface area contributed by atoms with Crippen LogP contribution in [0.2, 0.25) is 0 Å². The second-order valence-electron chi connectivity index (χ2n) is 9.17. The molecule has 0 spiro atoms. The maximum Gasteiger partial charge on any atom is 0.416 e. The first-order valence-corrected chi connectivity index (χ1v) is 13.9. The Bertz CT molecular complexity index is 1740. The molecule has 12 heteroatoms. The first-order chi connectivity index (χ1) is 18.7. The molecule has 210 valence electrons. The predicted octanol–water partition coefficient (Wildman–Crippen LogP) is 5.16. The first kappa shape index (κ1) is 28.8. The lowest BCUT2D eigenvalue weighted by molar-refractivity contribution is -0.137. The topological polar surface area (TPSA) is 111 Å². The number of aromatic nitrogens is 2. The number of sulfone groups is 1. The molecule has 4 rings (SSSR count). The molecule has 0 radical (unpaired) electrons. The largest absolute Gasteiger partial charge is 0.416 e. The lowest BCUT2D eigenvalue weighted by Crippen LogP contribution is -2.33. The number of amides is 1. The van der Waals surface area contributed by atoms with Crippen LogP contribution >= 0.6 is 0 Å². The van der Waals surface area contributed by atoms with Gasteiger partial charge in [-0.05, 0) is 62.7 Å². The quantitative estimate of drug-likeness (QED) is 0.327. The molecule has 1 N–H and O–H groups in total. The summed E-state index contributed by atoms with van der Waals surface area (Å²) >= 11 is 0. The number of benzene rings is 2. The molecule has 2 aromatic carbocycles. The van der Waals surface area contributed by atoms with E-state index in [9.17, 15) is 31.2 Å². The fourth-order valence-corrected chi connectivity index (χ4v) is 5.26. The summed E-state index contributed by atoms with van der Waals surface area (Å²) < 4.78 is 70.8. The number of nitrogens with one attached hydrogen (secondary N) is 1. The molecule has 0 saturated heterocycles. The summed E-state index contributed by atoms with van der Waals surface area (Å²) in [7, 11) is -3.39. The summed E-state index contributed by atoms with van der Waals surface area (Å²) in [5.74, 6) is -0.408. The van der Waals surface area contributed by atoms with E-state index in [1.807, 2.05) is 0 Å². The van der Waals surface area contributed by atoms with Crippen LogP contribution in [-0.4, -0.2) is 29.8 Å². The molecule has 0 atom stereocenters. The zero-order chi connectivity index (χ0) is 29.4. The number of aryl methyl sites for hydroxylation is 2. The summed E-state index contributed by atoms with van der Waals surface area (Å²) in [6, 6.07) is 11.6. The van der Waals surface area contributed by atoms with Crippen LogP contribution in [0.3, 0.4) is 0 Å². The van der Waals surface area contributed by atoms with Crippen LogP contribution in [0.5, 0.6) is 0 Å². The third-order valence-electron chi connectivity index (χ3n) is 6.54. The first-order valence-electron chi connectivity index (χ1n) is 12.2. The van der Waals surface area contributed by atoms with Crippen LogP contribution in [0.1, 0.15) is 45.6 Å². The van der Waals surface area contributed by atoms with Gasteiger partial charge in [0, 0.05) is 29.1 Å². The van der Waals surface area contributed by atoms with Gasteiger partial charge >= 0.3 is 6.18 Å². The Morgan fingerprint density at radius 3 is 2.30 bits per heavy atom. The smallest absolute Gasteiger partial charge is 0.361 e. The number of pyridine rings is 1. The molecular weight excluding hydrogens is 547 g/mol. The second kappa shape index (κ2) is 10.8. The van der Waals surface area contributed by atoms with E-state index >= 15 is 0 Å². The van der Waals surface area contributed by atoms with Crippen LogP contribution in [0.15, 0.2) is 68.8 Å². The molecule has 0 saturated carbocycles. The Kier molecular flexibility index (Phi) is 7.75. The maximum atomic E-state index is 13.6. The van der Waals surface area contributed by atoms with E-state index in [4.69, 9.17) is 4.52 Å². The zero-order valence-electron chi connectivity index (χ0n) is 22.1. The van der Waals surface area contributed by atoms with Crippen LogP contribution in [0, 0.1) is 20.8 Å². The van der Waals surface area contributed by atoms with Gasteiger partial charge in [0.05, 0.1) is 21.9 Å². The Morgan fingerprint density at radius 2 is 1.73 bits per heavy atom. The minimum Gasteiger partial charge on any atom is -0.361 e. The fraction of sp³-hybridized carbons (Fsp3) is 0.250. The maximum absolute atomic E-state index is 13.6. The number of nitrogens with zero attached hydrogens (tertiary/aromatic N) is 2. The number of hydrogen-bond acceptors (Lipinski definition) is 6. The highest BCUT2D eigenvalue weighted by molar-refractivity contribution is 7.91. The van der Waals surface area contributed by atoms with Crippen LogP contribution in [0.25, 0.3) is 16.8 Å².